The number of carbonyl (C=O) groups excluding carboxylic acids is 1. The van der Waals surface area contributed by atoms with E-state index in [1.54, 1.807) is 6.92 Å². The molecule has 0 saturated carbocycles. The first-order valence-corrected chi connectivity index (χ1v) is 3.00. The standard InChI is InChI=1S/C6H10O4.Na.H/c1-3-5(7)10-4(2)6(8)9;;/h4H,3H2,1-2H3,(H,8,9);;. The van der Waals surface area contributed by atoms with Crippen molar-refractivity contribution in [3.63, 3.8) is 0 Å². The predicted octanol–water partition coefficient (Wildman–Crippen LogP) is -0.236. The number of carbonyl (C=O) groups is 2. The van der Waals surface area contributed by atoms with E-state index in [0.717, 1.165) is 0 Å². The third-order valence-electron chi connectivity index (χ3n) is 0.945. The number of rotatable bonds is 3. The van der Waals surface area contributed by atoms with Crippen molar-refractivity contribution in [3.05, 3.63) is 0 Å². The van der Waals surface area contributed by atoms with E-state index < -0.39 is 18.0 Å². The van der Waals surface area contributed by atoms with E-state index in [-0.39, 0.29) is 36.0 Å². The second kappa shape index (κ2) is 6.64. The maximum absolute atomic E-state index is 10.4. The van der Waals surface area contributed by atoms with Crippen LogP contribution in [0.1, 0.15) is 20.3 Å². The van der Waals surface area contributed by atoms with Gasteiger partial charge in [-0.05, 0) is 6.92 Å². The van der Waals surface area contributed by atoms with Gasteiger partial charge in [0.15, 0.2) is 6.10 Å². The molecular weight excluding hydrogens is 159 g/mol. The molecule has 0 aliphatic carbocycles. The van der Waals surface area contributed by atoms with Gasteiger partial charge in [0, 0.05) is 6.42 Å². The average molecular weight is 170 g/mol. The first-order chi connectivity index (χ1) is 4.57. The summed E-state index contributed by atoms with van der Waals surface area (Å²) in [4.78, 5) is 20.5. The second-order valence-electron chi connectivity index (χ2n) is 1.82. The fourth-order valence-corrected chi connectivity index (χ4v) is 0.331. The third-order valence-corrected chi connectivity index (χ3v) is 0.945. The molecule has 60 valence electrons. The first kappa shape index (κ1) is 13.5. The fourth-order valence-electron chi connectivity index (χ4n) is 0.331. The number of carboxylic acid groups (broad SMARTS) is 1. The van der Waals surface area contributed by atoms with Gasteiger partial charge < -0.3 is 9.84 Å². The molecule has 0 aromatic heterocycles. The van der Waals surface area contributed by atoms with Crippen molar-refractivity contribution >= 4 is 41.5 Å². The third kappa shape index (κ3) is 6.34. The Balaban J connectivity index is 0. The van der Waals surface area contributed by atoms with Gasteiger partial charge in [0.05, 0.1) is 0 Å². The molecule has 0 saturated heterocycles. The van der Waals surface area contributed by atoms with Gasteiger partial charge in [-0.15, -0.1) is 0 Å². The van der Waals surface area contributed by atoms with Crippen molar-refractivity contribution in [2.24, 2.45) is 0 Å². The molecule has 0 aromatic rings. The minimum absolute atomic E-state index is 0. The molecule has 0 bridgehead atoms. The van der Waals surface area contributed by atoms with E-state index in [4.69, 9.17) is 5.11 Å². The van der Waals surface area contributed by atoms with Crippen LogP contribution in [0.25, 0.3) is 0 Å². The van der Waals surface area contributed by atoms with Gasteiger partial charge >= 0.3 is 41.5 Å². The number of carboxylic acids is 1. The maximum atomic E-state index is 10.4. The van der Waals surface area contributed by atoms with Gasteiger partial charge in [-0.3, -0.25) is 4.79 Å². The zero-order chi connectivity index (χ0) is 8.15. The van der Waals surface area contributed by atoms with Crippen molar-refractivity contribution in [2.75, 3.05) is 0 Å². The Labute approximate surface area is 87.2 Å². The quantitative estimate of drug-likeness (QED) is 0.469. The number of esters is 1. The summed E-state index contributed by atoms with van der Waals surface area (Å²) in [5.74, 6) is -1.61. The molecule has 0 amide bonds. The van der Waals surface area contributed by atoms with Crippen LogP contribution >= 0.6 is 0 Å². The number of aliphatic carboxylic acids is 1. The SMILES string of the molecule is CCC(=O)OC(C)C(=O)O.[NaH]. The number of hydrogen-bond acceptors (Lipinski definition) is 3. The summed E-state index contributed by atoms with van der Waals surface area (Å²) in [5, 5.41) is 8.25. The molecule has 5 heteroatoms. The van der Waals surface area contributed by atoms with Crippen molar-refractivity contribution in [1.29, 1.82) is 0 Å². The zero-order valence-corrected chi connectivity index (χ0v) is 5.96. The summed E-state index contributed by atoms with van der Waals surface area (Å²) in [5.41, 5.74) is 0. The molecule has 0 rings (SSSR count). The van der Waals surface area contributed by atoms with Crippen LogP contribution in [0.2, 0.25) is 0 Å². The first-order valence-electron chi connectivity index (χ1n) is 3.00. The van der Waals surface area contributed by atoms with Crippen molar-refractivity contribution in [1.82, 2.24) is 0 Å². The van der Waals surface area contributed by atoms with Gasteiger partial charge in [-0.1, -0.05) is 6.92 Å². The minimum atomic E-state index is -1.12. The van der Waals surface area contributed by atoms with E-state index in [1.807, 2.05) is 0 Å². The summed E-state index contributed by atoms with van der Waals surface area (Å²) in [7, 11) is 0. The van der Waals surface area contributed by atoms with Crippen molar-refractivity contribution < 1.29 is 19.4 Å². The van der Waals surface area contributed by atoms with Gasteiger partial charge in [0.25, 0.3) is 0 Å². The molecule has 1 atom stereocenters. The zero-order valence-electron chi connectivity index (χ0n) is 5.96. The van der Waals surface area contributed by atoms with E-state index >= 15 is 0 Å². The summed E-state index contributed by atoms with van der Waals surface area (Å²) < 4.78 is 4.42. The van der Waals surface area contributed by atoms with E-state index in [2.05, 4.69) is 4.74 Å². The van der Waals surface area contributed by atoms with E-state index in [1.165, 1.54) is 6.92 Å². The van der Waals surface area contributed by atoms with Crippen molar-refractivity contribution in [3.8, 4) is 0 Å². The Bertz CT molecular complexity index is 146. The van der Waals surface area contributed by atoms with Crippen LogP contribution in [0.4, 0.5) is 0 Å². The van der Waals surface area contributed by atoms with Gasteiger partial charge in [-0.2, -0.15) is 0 Å². The molecule has 0 aliphatic rings. The molecule has 0 aromatic carbocycles. The molecule has 1 unspecified atom stereocenters. The molecule has 4 nitrogen and oxygen atoms in total. The molecule has 0 aliphatic heterocycles. The average Bonchev–Trinajstić information content (AvgIpc) is 1.87. The fraction of sp³-hybridized carbons (Fsp3) is 0.667. The number of ether oxygens (including phenoxy) is 1. The van der Waals surface area contributed by atoms with Crippen LogP contribution in [0.3, 0.4) is 0 Å². The van der Waals surface area contributed by atoms with E-state index in [9.17, 15) is 9.59 Å². The summed E-state index contributed by atoms with van der Waals surface area (Å²) >= 11 is 0. The molecule has 0 radical (unpaired) electrons. The summed E-state index contributed by atoms with van der Waals surface area (Å²) in [6, 6.07) is 0. The van der Waals surface area contributed by atoms with E-state index in [0.29, 0.717) is 0 Å². The second-order valence-corrected chi connectivity index (χ2v) is 1.82. The Morgan fingerprint density at radius 1 is 1.55 bits per heavy atom. The van der Waals surface area contributed by atoms with Crippen LogP contribution in [0, 0.1) is 0 Å². The van der Waals surface area contributed by atoms with Crippen LogP contribution in [0.15, 0.2) is 0 Å². The Morgan fingerprint density at radius 2 is 2.00 bits per heavy atom. The van der Waals surface area contributed by atoms with Crippen LogP contribution in [-0.4, -0.2) is 52.7 Å². The summed E-state index contributed by atoms with van der Waals surface area (Å²) in [6.45, 7) is 2.92. The molecule has 1 N–H and O–H groups in total. The normalized spacial score (nSPS) is 11.1. The van der Waals surface area contributed by atoms with Crippen molar-refractivity contribution in [2.45, 2.75) is 26.4 Å². The molecule has 0 spiro atoms. The Kier molecular flexibility index (Phi) is 8.16. The Morgan fingerprint density at radius 3 is 2.27 bits per heavy atom. The topological polar surface area (TPSA) is 63.6 Å². The van der Waals surface area contributed by atoms with Gasteiger partial charge in [0.1, 0.15) is 0 Å². The molecular formula is C6H11NaO4. The molecule has 0 heterocycles. The number of hydrogen-bond donors (Lipinski definition) is 1. The van der Waals surface area contributed by atoms with Crippen LogP contribution < -0.4 is 0 Å². The monoisotopic (exact) mass is 170 g/mol. The molecule has 0 fully saturated rings. The van der Waals surface area contributed by atoms with Crippen LogP contribution in [0.5, 0.6) is 0 Å². The van der Waals surface area contributed by atoms with Gasteiger partial charge in [0.2, 0.25) is 0 Å². The van der Waals surface area contributed by atoms with Crippen LogP contribution in [-0.2, 0) is 14.3 Å². The molecule has 11 heavy (non-hydrogen) atoms. The van der Waals surface area contributed by atoms with Gasteiger partial charge in [-0.25, -0.2) is 4.79 Å². The Hall–Kier alpha value is -0.0600. The predicted molar refractivity (Wildman–Crippen MR) is 40.6 cm³/mol. The summed E-state index contributed by atoms with van der Waals surface area (Å²) in [6.07, 6.45) is -0.829.